The van der Waals surface area contributed by atoms with E-state index in [4.69, 9.17) is 14.0 Å². The first kappa shape index (κ1) is 17.3. The van der Waals surface area contributed by atoms with Crippen molar-refractivity contribution in [3.63, 3.8) is 0 Å². The van der Waals surface area contributed by atoms with Gasteiger partial charge in [-0.05, 0) is 44.4 Å². The zero-order chi connectivity index (χ0) is 18.0. The fourth-order valence-corrected chi connectivity index (χ4v) is 3.51. The van der Waals surface area contributed by atoms with Gasteiger partial charge in [-0.25, -0.2) is 0 Å². The van der Waals surface area contributed by atoms with Crippen molar-refractivity contribution in [3.05, 3.63) is 40.8 Å². The zero-order valence-electron chi connectivity index (χ0n) is 15.2. The topological polar surface area (TPSA) is 64.8 Å². The van der Waals surface area contributed by atoms with E-state index in [0.29, 0.717) is 30.0 Å². The molecule has 2 heterocycles. The summed E-state index contributed by atoms with van der Waals surface area (Å²) in [6, 6.07) is 5.66. The average molecular weight is 344 g/mol. The summed E-state index contributed by atoms with van der Waals surface area (Å²) in [4.78, 5) is 15.1. The van der Waals surface area contributed by atoms with Crippen molar-refractivity contribution < 1.29 is 18.8 Å². The smallest absolute Gasteiger partial charge is 0.259 e. The summed E-state index contributed by atoms with van der Waals surface area (Å²) in [6.07, 6.45) is 2.50. The molecule has 2 aromatic rings. The molecule has 25 heavy (non-hydrogen) atoms. The molecule has 1 unspecified atom stereocenters. The van der Waals surface area contributed by atoms with Crippen LogP contribution in [0.3, 0.4) is 0 Å². The molecule has 0 saturated carbocycles. The van der Waals surface area contributed by atoms with Crippen LogP contribution < -0.4 is 9.47 Å². The Hall–Kier alpha value is -2.50. The zero-order valence-corrected chi connectivity index (χ0v) is 15.2. The van der Waals surface area contributed by atoms with Gasteiger partial charge in [0.2, 0.25) is 0 Å². The third-order valence-electron chi connectivity index (χ3n) is 4.79. The maximum atomic E-state index is 13.2. The third kappa shape index (κ3) is 3.08. The van der Waals surface area contributed by atoms with E-state index in [1.54, 1.807) is 21.1 Å². The molecule has 1 atom stereocenters. The SMILES string of the molecule is CCc1noc(C)c1C(=O)N1CCCC1c1cc(OC)ccc1OC. The molecule has 1 fully saturated rings. The van der Waals surface area contributed by atoms with E-state index in [0.717, 1.165) is 29.9 Å². The Morgan fingerprint density at radius 2 is 2.16 bits per heavy atom. The molecule has 6 nitrogen and oxygen atoms in total. The second-order valence-corrected chi connectivity index (χ2v) is 6.18. The van der Waals surface area contributed by atoms with Crippen LogP contribution in [0.25, 0.3) is 0 Å². The lowest BCUT2D eigenvalue weighted by atomic mass is 10.0. The third-order valence-corrected chi connectivity index (χ3v) is 4.79. The van der Waals surface area contributed by atoms with Crippen molar-refractivity contribution in [2.75, 3.05) is 20.8 Å². The van der Waals surface area contributed by atoms with Gasteiger partial charge in [0, 0.05) is 12.1 Å². The lowest BCUT2D eigenvalue weighted by Crippen LogP contribution is -2.31. The monoisotopic (exact) mass is 344 g/mol. The molecule has 3 rings (SSSR count). The van der Waals surface area contributed by atoms with Gasteiger partial charge in [-0.3, -0.25) is 4.79 Å². The quantitative estimate of drug-likeness (QED) is 0.830. The van der Waals surface area contributed by atoms with E-state index in [1.807, 2.05) is 30.0 Å². The highest BCUT2D eigenvalue weighted by Gasteiger charge is 2.35. The van der Waals surface area contributed by atoms with Gasteiger partial charge in [0.25, 0.3) is 5.91 Å². The maximum absolute atomic E-state index is 13.2. The van der Waals surface area contributed by atoms with E-state index in [1.165, 1.54) is 0 Å². The molecule has 1 aliphatic heterocycles. The minimum absolute atomic E-state index is 0.0250. The summed E-state index contributed by atoms with van der Waals surface area (Å²) in [5.41, 5.74) is 2.28. The van der Waals surface area contributed by atoms with Gasteiger partial charge in [0.05, 0.1) is 26.0 Å². The molecule has 1 aromatic carbocycles. The minimum Gasteiger partial charge on any atom is -0.497 e. The fraction of sp³-hybridized carbons (Fsp3) is 0.474. The van der Waals surface area contributed by atoms with E-state index in [2.05, 4.69) is 5.16 Å². The van der Waals surface area contributed by atoms with Crippen LogP contribution in [-0.4, -0.2) is 36.7 Å². The Morgan fingerprint density at radius 3 is 2.84 bits per heavy atom. The highest BCUT2D eigenvalue weighted by molar-refractivity contribution is 5.96. The van der Waals surface area contributed by atoms with E-state index in [-0.39, 0.29) is 11.9 Å². The van der Waals surface area contributed by atoms with Crippen LogP contribution in [0, 0.1) is 6.92 Å². The number of hydrogen-bond acceptors (Lipinski definition) is 5. The molecular weight excluding hydrogens is 320 g/mol. The predicted molar refractivity (Wildman–Crippen MR) is 93.2 cm³/mol. The highest BCUT2D eigenvalue weighted by atomic mass is 16.5. The number of aromatic nitrogens is 1. The first-order chi connectivity index (χ1) is 12.1. The van der Waals surface area contributed by atoms with Crippen LogP contribution in [0.4, 0.5) is 0 Å². The Bertz CT molecular complexity index is 769. The molecule has 0 aliphatic carbocycles. The number of aryl methyl sites for hydroxylation is 2. The van der Waals surface area contributed by atoms with E-state index >= 15 is 0 Å². The number of likely N-dealkylation sites (tertiary alicyclic amines) is 1. The van der Waals surface area contributed by atoms with Crippen molar-refractivity contribution in [1.29, 1.82) is 0 Å². The molecule has 0 radical (unpaired) electrons. The number of carbonyl (C=O) groups excluding carboxylic acids is 1. The van der Waals surface area contributed by atoms with Crippen molar-refractivity contribution in [2.24, 2.45) is 0 Å². The number of hydrogen-bond donors (Lipinski definition) is 0. The van der Waals surface area contributed by atoms with E-state index < -0.39 is 0 Å². The molecule has 1 aliphatic rings. The van der Waals surface area contributed by atoms with Crippen LogP contribution in [0.1, 0.15) is 53.2 Å². The van der Waals surface area contributed by atoms with Gasteiger partial charge in [-0.2, -0.15) is 0 Å². The Morgan fingerprint density at radius 1 is 1.36 bits per heavy atom. The Balaban J connectivity index is 1.98. The van der Waals surface area contributed by atoms with Crippen molar-refractivity contribution >= 4 is 5.91 Å². The summed E-state index contributed by atoms with van der Waals surface area (Å²) in [5.74, 6) is 2.07. The van der Waals surface area contributed by atoms with Crippen LogP contribution in [0.2, 0.25) is 0 Å². The standard InChI is InChI=1S/C19H24N2O4/c1-5-15-18(12(2)25-20-15)19(22)21-10-6-7-16(21)14-11-13(23-3)8-9-17(14)24-4/h8-9,11,16H,5-7,10H2,1-4H3. The van der Waals surface area contributed by atoms with Crippen LogP contribution >= 0.6 is 0 Å². The van der Waals surface area contributed by atoms with Crippen molar-refractivity contribution in [3.8, 4) is 11.5 Å². The van der Waals surface area contributed by atoms with Gasteiger partial charge in [-0.1, -0.05) is 12.1 Å². The molecule has 1 aromatic heterocycles. The number of methoxy groups -OCH3 is 2. The number of nitrogens with zero attached hydrogens (tertiary/aromatic N) is 2. The Kier molecular flexibility index (Phi) is 4.97. The average Bonchev–Trinajstić information content (AvgIpc) is 3.27. The van der Waals surface area contributed by atoms with Crippen LogP contribution in [-0.2, 0) is 6.42 Å². The minimum atomic E-state index is -0.0449. The van der Waals surface area contributed by atoms with E-state index in [9.17, 15) is 4.79 Å². The highest BCUT2D eigenvalue weighted by Crippen LogP contribution is 2.40. The molecule has 0 spiro atoms. The number of ether oxygens (including phenoxy) is 2. The first-order valence-electron chi connectivity index (χ1n) is 8.58. The Labute approximate surface area is 147 Å². The number of carbonyl (C=O) groups is 1. The van der Waals surface area contributed by atoms with Crippen molar-refractivity contribution in [1.82, 2.24) is 10.1 Å². The van der Waals surface area contributed by atoms with Gasteiger partial charge >= 0.3 is 0 Å². The van der Waals surface area contributed by atoms with Gasteiger partial charge in [0.15, 0.2) is 0 Å². The largest absolute Gasteiger partial charge is 0.497 e. The molecular formula is C19H24N2O4. The lowest BCUT2D eigenvalue weighted by Gasteiger charge is -2.26. The number of amides is 1. The molecule has 1 saturated heterocycles. The number of benzene rings is 1. The first-order valence-corrected chi connectivity index (χ1v) is 8.58. The molecule has 1 amide bonds. The molecule has 0 bridgehead atoms. The summed E-state index contributed by atoms with van der Waals surface area (Å²) >= 11 is 0. The summed E-state index contributed by atoms with van der Waals surface area (Å²) in [5, 5.41) is 4.02. The normalized spacial score (nSPS) is 17.0. The second-order valence-electron chi connectivity index (χ2n) is 6.18. The van der Waals surface area contributed by atoms with Crippen LogP contribution in [0.15, 0.2) is 22.7 Å². The summed E-state index contributed by atoms with van der Waals surface area (Å²) in [7, 11) is 3.28. The lowest BCUT2D eigenvalue weighted by molar-refractivity contribution is 0.0731. The summed E-state index contributed by atoms with van der Waals surface area (Å²) in [6.45, 7) is 4.47. The second kappa shape index (κ2) is 7.17. The summed E-state index contributed by atoms with van der Waals surface area (Å²) < 4.78 is 16.1. The number of rotatable bonds is 5. The maximum Gasteiger partial charge on any atom is 0.259 e. The molecule has 0 N–H and O–H groups in total. The van der Waals surface area contributed by atoms with Gasteiger partial charge in [0.1, 0.15) is 22.8 Å². The van der Waals surface area contributed by atoms with Crippen LogP contribution in [0.5, 0.6) is 11.5 Å². The predicted octanol–water partition coefficient (Wildman–Crippen LogP) is 3.54. The van der Waals surface area contributed by atoms with Crippen molar-refractivity contribution in [2.45, 2.75) is 39.2 Å². The fourth-order valence-electron chi connectivity index (χ4n) is 3.51. The van der Waals surface area contributed by atoms with Gasteiger partial charge < -0.3 is 18.9 Å². The molecule has 134 valence electrons. The van der Waals surface area contributed by atoms with Gasteiger partial charge in [-0.15, -0.1) is 0 Å². The molecule has 6 heteroatoms.